The highest BCUT2D eigenvalue weighted by Gasteiger charge is 2.46. The number of alkyl halides is 1. The zero-order valence-electron chi connectivity index (χ0n) is 17.9. The van der Waals surface area contributed by atoms with Crippen molar-refractivity contribution < 1.29 is 4.43 Å². The van der Waals surface area contributed by atoms with Gasteiger partial charge < -0.3 is 4.43 Å². The largest absolute Gasteiger partial charge is 0.409 e. The molecule has 0 aromatic carbocycles. The quantitative estimate of drug-likeness (QED) is 0.116. The molecule has 0 N–H and O–H groups in total. The van der Waals surface area contributed by atoms with Gasteiger partial charge in [-0.25, -0.2) is 0 Å². The molecule has 0 aliphatic heterocycles. The summed E-state index contributed by atoms with van der Waals surface area (Å²) in [6, 6.07) is 0. The van der Waals surface area contributed by atoms with E-state index >= 15 is 0 Å². The van der Waals surface area contributed by atoms with Crippen molar-refractivity contribution in [2.24, 2.45) is 0 Å². The number of halogens is 1. The van der Waals surface area contributed by atoms with Gasteiger partial charge in [-0.05, 0) is 41.6 Å². The van der Waals surface area contributed by atoms with Crippen molar-refractivity contribution in [3.05, 3.63) is 17.9 Å². The van der Waals surface area contributed by atoms with Crippen LogP contribution in [0.5, 0.6) is 0 Å². The van der Waals surface area contributed by atoms with Gasteiger partial charge in [-0.2, -0.15) is 0 Å². The first-order valence-corrected chi connectivity index (χ1v) is 13.7. The van der Waals surface area contributed by atoms with Crippen LogP contribution in [0.3, 0.4) is 0 Å². The highest BCUT2D eigenvalue weighted by atomic mass is 79.9. The Labute approximate surface area is 168 Å². The summed E-state index contributed by atoms with van der Waals surface area (Å²) in [5, 5.41) is 0.999. The van der Waals surface area contributed by atoms with E-state index in [9.17, 15) is 0 Å². The van der Waals surface area contributed by atoms with Crippen LogP contribution in [0.4, 0.5) is 0 Å². The summed E-state index contributed by atoms with van der Waals surface area (Å²) in [7, 11) is -1.83. The molecule has 0 aromatic rings. The Hall–Kier alpha value is 0.177. The fourth-order valence-electron chi connectivity index (χ4n) is 4.11. The van der Waals surface area contributed by atoms with E-state index in [-0.39, 0.29) is 6.10 Å². The van der Waals surface area contributed by atoms with Crippen LogP contribution in [0.1, 0.15) is 93.4 Å². The highest BCUT2D eigenvalue weighted by molar-refractivity contribution is 9.09. The zero-order chi connectivity index (χ0) is 19.3. The summed E-state index contributed by atoms with van der Waals surface area (Å²) in [5.74, 6) is 0. The smallest absolute Gasteiger partial charge is 0.201 e. The Morgan fingerprint density at radius 3 is 1.96 bits per heavy atom. The SMILES string of the molecule is CCCCCCC[C@@H](C=C=CCCBr)O[Si](C(C)C)(C(C)C)C(C)C. The molecule has 0 spiro atoms. The second-order valence-electron chi connectivity index (χ2n) is 8.19. The third-order valence-corrected chi connectivity index (χ3v) is 11.9. The fourth-order valence-corrected chi connectivity index (χ4v) is 9.86. The first kappa shape index (κ1) is 25.2. The second kappa shape index (κ2) is 14.3. The van der Waals surface area contributed by atoms with Crippen LogP contribution in [0, 0.1) is 0 Å². The van der Waals surface area contributed by atoms with Gasteiger partial charge in [-0.1, -0.05) is 96.5 Å². The van der Waals surface area contributed by atoms with Gasteiger partial charge in [0.15, 0.2) is 0 Å². The molecule has 0 aromatic heterocycles. The van der Waals surface area contributed by atoms with Gasteiger partial charge in [0.05, 0.1) is 6.10 Å². The van der Waals surface area contributed by atoms with Crippen LogP contribution in [0.15, 0.2) is 17.9 Å². The van der Waals surface area contributed by atoms with Crippen LogP contribution in [0.25, 0.3) is 0 Å². The maximum absolute atomic E-state index is 7.00. The van der Waals surface area contributed by atoms with E-state index in [1.165, 1.54) is 32.1 Å². The Morgan fingerprint density at radius 1 is 0.920 bits per heavy atom. The van der Waals surface area contributed by atoms with E-state index in [1.807, 2.05) is 0 Å². The van der Waals surface area contributed by atoms with E-state index in [1.54, 1.807) is 0 Å². The van der Waals surface area contributed by atoms with Crippen LogP contribution in [-0.2, 0) is 4.43 Å². The molecule has 0 saturated carbocycles. The lowest BCUT2D eigenvalue weighted by atomic mass is 10.1. The Morgan fingerprint density at radius 2 is 1.48 bits per heavy atom. The lowest BCUT2D eigenvalue weighted by Crippen LogP contribution is -2.49. The topological polar surface area (TPSA) is 9.23 Å². The summed E-state index contributed by atoms with van der Waals surface area (Å²) in [6.07, 6.45) is 13.3. The van der Waals surface area contributed by atoms with Crippen LogP contribution in [0.2, 0.25) is 16.6 Å². The van der Waals surface area contributed by atoms with Crippen molar-refractivity contribution in [1.82, 2.24) is 0 Å². The summed E-state index contributed by atoms with van der Waals surface area (Å²) in [6.45, 7) is 16.5. The fraction of sp³-hybridized carbons (Fsp3) is 0.864. The molecule has 1 atom stereocenters. The molecule has 0 amide bonds. The molecule has 0 aliphatic carbocycles. The average molecular weight is 432 g/mol. The summed E-state index contributed by atoms with van der Waals surface area (Å²) in [5.41, 5.74) is 5.30. The minimum atomic E-state index is -1.83. The van der Waals surface area contributed by atoms with Gasteiger partial charge in [0, 0.05) is 5.33 Å². The number of hydrogen-bond donors (Lipinski definition) is 0. The summed E-state index contributed by atoms with van der Waals surface area (Å²) in [4.78, 5) is 0. The second-order valence-corrected chi connectivity index (χ2v) is 14.4. The first-order chi connectivity index (χ1) is 11.8. The molecule has 148 valence electrons. The predicted molar refractivity (Wildman–Crippen MR) is 120 cm³/mol. The van der Waals surface area contributed by atoms with Crippen LogP contribution in [-0.4, -0.2) is 19.8 Å². The molecule has 1 nitrogen and oxygen atoms in total. The predicted octanol–water partition coefficient (Wildman–Crippen LogP) is 8.40. The molecule has 0 radical (unpaired) electrons. The van der Waals surface area contributed by atoms with Crippen molar-refractivity contribution in [1.29, 1.82) is 0 Å². The minimum absolute atomic E-state index is 0.229. The van der Waals surface area contributed by atoms with Crippen molar-refractivity contribution in [2.75, 3.05) is 5.33 Å². The van der Waals surface area contributed by atoms with E-state index < -0.39 is 8.32 Å². The Balaban J connectivity index is 5.17. The molecule has 0 rings (SSSR count). The molecule has 0 unspecified atom stereocenters. The van der Waals surface area contributed by atoms with E-state index in [0.29, 0.717) is 16.6 Å². The summed E-state index contributed by atoms with van der Waals surface area (Å²) >= 11 is 3.48. The van der Waals surface area contributed by atoms with Crippen LogP contribution >= 0.6 is 15.9 Å². The number of rotatable bonds is 14. The van der Waals surface area contributed by atoms with Crippen LogP contribution < -0.4 is 0 Å². The maximum atomic E-state index is 7.00. The zero-order valence-corrected chi connectivity index (χ0v) is 20.5. The van der Waals surface area contributed by atoms with Crippen molar-refractivity contribution in [3.8, 4) is 0 Å². The molecule has 0 bridgehead atoms. The maximum Gasteiger partial charge on any atom is 0.201 e. The third-order valence-electron chi connectivity index (χ3n) is 5.31. The van der Waals surface area contributed by atoms with Crippen molar-refractivity contribution in [3.63, 3.8) is 0 Å². The molecular weight excluding hydrogens is 388 g/mol. The van der Waals surface area contributed by atoms with Gasteiger partial charge in [-0.15, -0.1) is 5.73 Å². The minimum Gasteiger partial charge on any atom is -0.409 e. The van der Waals surface area contributed by atoms with Gasteiger partial charge in [0.25, 0.3) is 0 Å². The highest BCUT2D eigenvalue weighted by Crippen LogP contribution is 2.43. The Bertz CT molecular complexity index is 362. The normalized spacial score (nSPS) is 13.4. The first-order valence-electron chi connectivity index (χ1n) is 10.5. The van der Waals surface area contributed by atoms with E-state index in [2.05, 4.69) is 82.3 Å². The molecular formula is C22H43BrOSi. The molecule has 0 aliphatic rings. The van der Waals surface area contributed by atoms with Gasteiger partial charge in [-0.3, -0.25) is 0 Å². The number of hydrogen-bond acceptors (Lipinski definition) is 1. The lowest BCUT2D eigenvalue weighted by Gasteiger charge is -2.44. The van der Waals surface area contributed by atoms with E-state index in [0.717, 1.165) is 18.2 Å². The summed E-state index contributed by atoms with van der Waals surface area (Å²) < 4.78 is 7.00. The van der Waals surface area contributed by atoms with Crippen molar-refractivity contribution >= 4 is 24.2 Å². The molecule has 3 heteroatoms. The number of unbranched alkanes of at least 4 members (excludes halogenated alkanes) is 4. The third kappa shape index (κ3) is 9.09. The standard InChI is InChI=1S/C22H43BrOSi/c1-8-9-10-11-13-16-22(17-14-12-15-18-23)24-25(19(2)3,20(4)5)21(6)7/h12,17,19-22H,8-11,13,15-16,18H2,1-7H3/t14?,22-/m0/s1. The molecule has 0 saturated heterocycles. The molecule has 0 heterocycles. The lowest BCUT2D eigenvalue weighted by molar-refractivity contribution is 0.203. The average Bonchev–Trinajstić information content (AvgIpc) is 2.54. The van der Waals surface area contributed by atoms with Gasteiger partial charge in [0.1, 0.15) is 0 Å². The van der Waals surface area contributed by atoms with Gasteiger partial charge >= 0.3 is 0 Å². The molecule has 0 fully saturated rings. The monoisotopic (exact) mass is 430 g/mol. The Kier molecular flexibility index (Phi) is 14.4. The van der Waals surface area contributed by atoms with Crippen molar-refractivity contribution in [2.45, 2.75) is 116 Å². The van der Waals surface area contributed by atoms with Gasteiger partial charge in [0.2, 0.25) is 8.32 Å². The van der Waals surface area contributed by atoms with E-state index in [4.69, 9.17) is 4.43 Å². The molecule has 25 heavy (non-hydrogen) atoms.